The van der Waals surface area contributed by atoms with Gasteiger partial charge in [-0.1, -0.05) is 31.5 Å². The largest absolute Gasteiger partial charge is 0.416 e. The number of nitrogens with zero attached hydrogens (tertiary/aromatic N) is 4. The minimum absolute atomic E-state index is 0.157. The van der Waals surface area contributed by atoms with Gasteiger partial charge in [0.15, 0.2) is 0 Å². The Morgan fingerprint density at radius 2 is 1.90 bits per heavy atom. The first-order valence-corrected chi connectivity index (χ1v) is 10.6. The van der Waals surface area contributed by atoms with Crippen LogP contribution in [0.1, 0.15) is 30.7 Å². The topological polar surface area (TPSA) is 41.4 Å². The summed E-state index contributed by atoms with van der Waals surface area (Å²) in [4.78, 5) is 16.2. The third kappa shape index (κ3) is 5.61. The predicted octanol–water partition coefficient (Wildman–Crippen LogP) is 4.88. The van der Waals surface area contributed by atoms with E-state index in [4.69, 9.17) is 11.6 Å². The molecule has 0 unspecified atom stereocenters. The molecule has 0 atom stereocenters. The Morgan fingerprint density at radius 3 is 2.52 bits per heavy atom. The van der Waals surface area contributed by atoms with Crippen molar-refractivity contribution in [1.82, 2.24) is 14.7 Å². The number of benzene rings is 1. The molecular weight excluding hydrogens is 429 g/mol. The Balaban J connectivity index is 1.62. The van der Waals surface area contributed by atoms with Crippen molar-refractivity contribution in [1.29, 1.82) is 0 Å². The van der Waals surface area contributed by atoms with E-state index in [1.165, 1.54) is 12.1 Å². The van der Waals surface area contributed by atoms with Crippen molar-refractivity contribution < 1.29 is 18.0 Å². The van der Waals surface area contributed by atoms with Crippen molar-refractivity contribution in [2.75, 3.05) is 31.1 Å². The van der Waals surface area contributed by atoms with Gasteiger partial charge in [-0.3, -0.25) is 9.48 Å². The molecule has 1 saturated heterocycles. The van der Waals surface area contributed by atoms with Crippen LogP contribution in [0.5, 0.6) is 0 Å². The summed E-state index contributed by atoms with van der Waals surface area (Å²) in [6.45, 7) is 8.48. The van der Waals surface area contributed by atoms with Crippen LogP contribution in [-0.2, 0) is 17.5 Å². The van der Waals surface area contributed by atoms with E-state index in [2.05, 4.69) is 18.9 Å². The van der Waals surface area contributed by atoms with Gasteiger partial charge in [-0.15, -0.1) is 0 Å². The summed E-state index contributed by atoms with van der Waals surface area (Å²) in [5, 5.41) is 4.93. The van der Waals surface area contributed by atoms with Gasteiger partial charge in [-0.2, -0.15) is 18.3 Å². The highest BCUT2D eigenvalue weighted by molar-refractivity contribution is 6.31. The van der Waals surface area contributed by atoms with Crippen molar-refractivity contribution >= 4 is 29.3 Å². The Bertz CT molecular complexity index is 960. The van der Waals surface area contributed by atoms with Crippen molar-refractivity contribution in [3.8, 4) is 0 Å². The number of anilines is 1. The maximum absolute atomic E-state index is 13.0. The van der Waals surface area contributed by atoms with Gasteiger partial charge >= 0.3 is 6.18 Å². The number of hydrogen-bond acceptors (Lipinski definition) is 3. The fourth-order valence-electron chi connectivity index (χ4n) is 3.55. The van der Waals surface area contributed by atoms with Crippen LogP contribution >= 0.6 is 11.6 Å². The molecule has 1 aromatic carbocycles. The molecule has 31 heavy (non-hydrogen) atoms. The second-order valence-electron chi connectivity index (χ2n) is 8.06. The molecule has 5 nitrogen and oxygen atoms in total. The van der Waals surface area contributed by atoms with Crippen LogP contribution in [0.4, 0.5) is 18.9 Å². The molecule has 2 heterocycles. The van der Waals surface area contributed by atoms with Gasteiger partial charge in [-0.25, -0.2) is 0 Å². The first-order chi connectivity index (χ1) is 14.6. The lowest BCUT2D eigenvalue weighted by molar-refractivity contribution is -0.137. The number of aryl methyl sites for hydroxylation is 1. The van der Waals surface area contributed by atoms with E-state index in [0.717, 1.165) is 23.4 Å². The molecule has 1 aliphatic heterocycles. The van der Waals surface area contributed by atoms with E-state index >= 15 is 0 Å². The number of alkyl halides is 3. The highest BCUT2D eigenvalue weighted by Gasteiger charge is 2.31. The fraction of sp³-hybridized carbons (Fsp3) is 0.455. The van der Waals surface area contributed by atoms with Crippen LogP contribution in [0, 0.1) is 12.8 Å². The Morgan fingerprint density at radius 1 is 1.23 bits per heavy atom. The van der Waals surface area contributed by atoms with E-state index in [0.29, 0.717) is 49.5 Å². The molecule has 168 valence electrons. The van der Waals surface area contributed by atoms with E-state index in [1.54, 1.807) is 21.7 Å². The third-order valence-corrected chi connectivity index (χ3v) is 5.57. The maximum Gasteiger partial charge on any atom is 0.416 e. The van der Waals surface area contributed by atoms with Crippen LogP contribution in [0.25, 0.3) is 6.08 Å². The number of aromatic nitrogens is 2. The molecule has 0 saturated carbocycles. The smallest absolute Gasteiger partial charge is 0.368 e. The van der Waals surface area contributed by atoms with Crippen LogP contribution in [0.3, 0.4) is 0 Å². The molecule has 1 amide bonds. The normalized spacial score (nSPS) is 15.4. The summed E-state index contributed by atoms with van der Waals surface area (Å²) in [5.74, 6) is 0.235. The second-order valence-corrected chi connectivity index (χ2v) is 8.42. The minimum atomic E-state index is -4.37. The molecule has 1 fully saturated rings. The quantitative estimate of drug-likeness (QED) is 0.604. The summed E-state index contributed by atoms with van der Waals surface area (Å²) in [6, 6.07) is 5.28. The van der Waals surface area contributed by atoms with Crippen molar-refractivity contribution in [3.63, 3.8) is 0 Å². The molecule has 1 aliphatic rings. The first kappa shape index (κ1) is 23.2. The van der Waals surface area contributed by atoms with E-state index in [1.807, 2.05) is 11.8 Å². The number of amides is 1. The van der Waals surface area contributed by atoms with Gasteiger partial charge in [0, 0.05) is 50.1 Å². The van der Waals surface area contributed by atoms with E-state index < -0.39 is 11.7 Å². The average molecular weight is 455 g/mol. The number of carbonyl (C=O) groups is 1. The molecule has 2 aromatic rings. The van der Waals surface area contributed by atoms with Crippen LogP contribution < -0.4 is 4.90 Å². The lowest BCUT2D eigenvalue weighted by atomic mass is 10.1. The van der Waals surface area contributed by atoms with Gasteiger partial charge in [0.25, 0.3) is 0 Å². The van der Waals surface area contributed by atoms with Crippen molar-refractivity contribution in [3.05, 3.63) is 52.3 Å². The van der Waals surface area contributed by atoms with Crippen LogP contribution in [0.15, 0.2) is 30.3 Å². The van der Waals surface area contributed by atoms with E-state index in [9.17, 15) is 18.0 Å². The van der Waals surface area contributed by atoms with Gasteiger partial charge in [0.2, 0.25) is 5.91 Å². The van der Waals surface area contributed by atoms with Crippen molar-refractivity contribution in [2.45, 2.75) is 33.5 Å². The highest BCUT2D eigenvalue weighted by Crippen LogP contribution is 2.32. The Labute approximate surface area is 185 Å². The summed E-state index contributed by atoms with van der Waals surface area (Å²) in [5.41, 5.74) is 1.32. The maximum atomic E-state index is 13.0. The molecule has 0 spiro atoms. The summed E-state index contributed by atoms with van der Waals surface area (Å²) in [7, 11) is 0. The lowest BCUT2D eigenvalue weighted by Crippen LogP contribution is -2.48. The number of rotatable bonds is 5. The molecule has 0 N–H and O–H groups in total. The summed E-state index contributed by atoms with van der Waals surface area (Å²) >= 11 is 6.41. The van der Waals surface area contributed by atoms with Gasteiger partial charge in [0.05, 0.1) is 11.3 Å². The van der Waals surface area contributed by atoms with Crippen molar-refractivity contribution in [2.24, 2.45) is 5.92 Å². The number of hydrogen-bond donors (Lipinski definition) is 0. The van der Waals surface area contributed by atoms with Gasteiger partial charge in [0.1, 0.15) is 5.15 Å². The van der Waals surface area contributed by atoms with Gasteiger partial charge in [-0.05, 0) is 37.1 Å². The second kappa shape index (κ2) is 9.34. The molecule has 0 aliphatic carbocycles. The molecular formula is C22H26ClF3N4O. The average Bonchev–Trinajstić information content (AvgIpc) is 2.98. The summed E-state index contributed by atoms with van der Waals surface area (Å²) in [6.07, 6.45) is -1.21. The molecule has 9 heteroatoms. The zero-order valence-electron chi connectivity index (χ0n) is 17.8. The van der Waals surface area contributed by atoms with E-state index in [-0.39, 0.29) is 5.91 Å². The molecule has 3 rings (SSSR count). The zero-order valence-corrected chi connectivity index (χ0v) is 18.5. The lowest BCUT2D eigenvalue weighted by Gasteiger charge is -2.35. The minimum Gasteiger partial charge on any atom is -0.368 e. The van der Waals surface area contributed by atoms with Crippen LogP contribution in [-0.4, -0.2) is 46.8 Å². The fourth-order valence-corrected chi connectivity index (χ4v) is 3.85. The summed E-state index contributed by atoms with van der Waals surface area (Å²) < 4.78 is 40.6. The van der Waals surface area contributed by atoms with Gasteiger partial charge < -0.3 is 9.80 Å². The third-order valence-electron chi connectivity index (χ3n) is 5.17. The number of halogens is 4. The number of piperazine rings is 1. The SMILES string of the molecule is Cc1nn(CC(C)C)c(Cl)c1/C=C\C(=O)N1CCN(c2cccc(C(F)(F)F)c2)CC1. The standard InChI is InChI=1S/C22H26ClF3N4O/c1-15(2)14-30-21(23)19(16(3)27-30)7-8-20(31)29-11-9-28(10-12-29)18-6-4-5-17(13-18)22(24,25)26/h4-8,13,15H,9-12,14H2,1-3H3/b8-7-. The zero-order chi connectivity index (χ0) is 22.8. The molecule has 0 radical (unpaired) electrons. The molecule has 1 aromatic heterocycles. The highest BCUT2D eigenvalue weighted by atomic mass is 35.5. The molecule has 0 bridgehead atoms. The first-order valence-electron chi connectivity index (χ1n) is 10.2. The Hall–Kier alpha value is -2.48. The monoisotopic (exact) mass is 454 g/mol. The Kier molecular flexibility index (Phi) is 6.99. The predicted molar refractivity (Wildman–Crippen MR) is 116 cm³/mol. The number of carbonyl (C=O) groups excluding carboxylic acids is 1. The van der Waals surface area contributed by atoms with Crippen LogP contribution in [0.2, 0.25) is 5.15 Å².